The van der Waals surface area contributed by atoms with Crippen molar-refractivity contribution in [2.45, 2.75) is 104 Å². The number of rotatable bonds is 15. The highest BCUT2D eigenvalue weighted by molar-refractivity contribution is 5.88. The lowest BCUT2D eigenvalue weighted by atomic mass is 10.0. The lowest BCUT2D eigenvalue weighted by Crippen LogP contribution is -2.27. The van der Waals surface area contributed by atoms with Gasteiger partial charge >= 0.3 is 0 Å². The van der Waals surface area contributed by atoms with Gasteiger partial charge in [0.1, 0.15) is 0 Å². The summed E-state index contributed by atoms with van der Waals surface area (Å²) in [5.41, 5.74) is 0. The van der Waals surface area contributed by atoms with Crippen LogP contribution in [-0.4, -0.2) is 30.2 Å². The minimum Gasteiger partial charge on any atom is -0.301 e. The van der Waals surface area contributed by atoms with Crippen molar-refractivity contribution in [1.29, 1.82) is 0 Å². The highest BCUT2D eigenvalue weighted by atomic mass is 16.2. The van der Waals surface area contributed by atoms with Crippen LogP contribution in [0, 0.1) is 5.92 Å². The Hall–Kier alpha value is -0.860. The van der Waals surface area contributed by atoms with Crippen LogP contribution in [0.25, 0.3) is 0 Å². The van der Waals surface area contributed by atoms with Crippen LogP contribution in [0.15, 0.2) is 4.99 Å². The molecule has 0 unspecified atom stereocenters. The van der Waals surface area contributed by atoms with Crippen molar-refractivity contribution in [3.05, 3.63) is 0 Å². The maximum absolute atomic E-state index is 11.8. The minimum absolute atomic E-state index is 0.254. The highest BCUT2D eigenvalue weighted by Gasteiger charge is 2.13. The zero-order valence-corrected chi connectivity index (χ0v) is 16.3. The van der Waals surface area contributed by atoms with Gasteiger partial charge in [-0.15, -0.1) is 0 Å². The zero-order valence-electron chi connectivity index (χ0n) is 16.3. The molecule has 3 heteroatoms. The van der Waals surface area contributed by atoms with Crippen LogP contribution < -0.4 is 0 Å². The second-order valence-corrected chi connectivity index (χ2v) is 7.78. The smallest absolute Gasteiger partial charge is 0.227 e. The van der Waals surface area contributed by atoms with Gasteiger partial charge in [0.25, 0.3) is 0 Å². The third kappa shape index (κ3) is 11.6. The van der Waals surface area contributed by atoms with Gasteiger partial charge in [-0.05, 0) is 12.3 Å². The number of carbonyl (C=O) groups excluding carboxylic acids is 1. The van der Waals surface area contributed by atoms with E-state index in [4.69, 9.17) is 0 Å². The average molecular weight is 337 g/mol. The molecule has 0 aliphatic carbocycles. The van der Waals surface area contributed by atoms with Crippen LogP contribution >= 0.6 is 0 Å². The minimum atomic E-state index is 0.254. The highest BCUT2D eigenvalue weighted by Crippen LogP contribution is 2.14. The molecule has 0 aromatic carbocycles. The van der Waals surface area contributed by atoms with Gasteiger partial charge in [-0.1, -0.05) is 90.9 Å². The van der Waals surface area contributed by atoms with E-state index >= 15 is 0 Å². The van der Waals surface area contributed by atoms with Crippen LogP contribution in [0.4, 0.5) is 0 Å². The Bertz CT molecular complexity index is 339. The molecule has 0 bridgehead atoms. The van der Waals surface area contributed by atoms with Gasteiger partial charge in [0.2, 0.25) is 5.91 Å². The molecule has 0 saturated carbocycles. The molecular formula is C21H40N2O. The summed E-state index contributed by atoms with van der Waals surface area (Å²) in [6, 6.07) is 0. The van der Waals surface area contributed by atoms with Crippen LogP contribution in [0.1, 0.15) is 104 Å². The quantitative estimate of drug-likeness (QED) is 0.339. The van der Waals surface area contributed by atoms with Gasteiger partial charge in [-0.2, -0.15) is 0 Å². The van der Waals surface area contributed by atoms with Gasteiger partial charge in [0, 0.05) is 13.0 Å². The van der Waals surface area contributed by atoms with Gasteiger partial charge in [-0.3, -0.25) is 9.79 Å². The summed E-state index contributed by atoms with van der Waals surface area (Å²) in [4.78, 5) is 17.7. The van der Waals surface area contributed by atoms with Crippen molar-refractivity contribution in [1.82, 2.24) is 4.90 Å². The summed E-state index contributed by atoms with van der Waals surface area (Å²) in [5.74, 6) is 1.13. The Balaban J connectivity index is 1.73. The van der Waals surface area contributed by atoms with Gasteiger partial charge in [0.05, 0.1) is 12.9 Å². The second kappa shape index (κ2) is 14.5. The molecule has 0 aromatic rings. The fourth-order valence-corrected chi connectivity index (χ4v) is 3.31. The largest absolute Gasteiger partial charge is 0.301 e. The first-order valence-corrected chi connectivity index (χ1v) is 10.5. The van der Waals surface area contributed by atoms with Gasteiger partial charge in [0.15, 0.2) is 0 Å². The molecule has 1 rings (SSSR count). The first-order chi connectivity index (χ1) is 11.7. The first-order valence-electron chi connectivity index (χ1n) is 10.5. The number of carbonyl (C=O) groups is 1. The van der Waals surface area contributed by atoms with E-state index in [1.165, 1.54) is 77.0 Å². The van der Waals surface area contributed by atoms with Crippen molar-refractivity contribution >= 4 is 12.2 Å². The topological polar surface area (TPSA) is 32.7 Å². The molecule has 0 N–H and O–H groups in total. The third-order valence-electron chi connectivity index (χ3n) is 4.93. The van der Waals surface area contributed by atoms with E-state index in [9.17, 15) is 4.79 Å². The Morgan fingerprint density at radius 2 is 1.38 bits per heavy atom. The van der Waals surface area contributed by atoms with E-state index < -0.39 is 0 Å². The van der Waals surface area contributed by atoms with E-state index in [1.54, 1.807) is 11.2 Å². The average Bonchev–Trinajstić information content (AvgIpc) is 3.09. The van der Waals surface area contributed by atoms with E-state index in [1.807, 2.05) is 0 Å². The van der Waals surface area contributed by atoms with E-state index in [0.717, 1.165) is 25.4 Å². The van der Waals surface area contributed by atoms with E-state index in [-0.39, 0.29) is 5.91 Å². The SMILES string of the molecule is CC(C)CCCCCCCCCCCCCCC(=O)N1C=NCC1. The Kier molecular flexibility index (Phi) is 12.8. The maximum atomic E-state index is 11.8. The molecule has 0 atom stereocenters. The molecule has 1 heterocycles. The molecule has 0 radical (unpaired) electrons. The Labute approximate surface area is 150 Å². The summed E-state index contributed by atoms with van der Waals surface area (Å²) >= 11 is 0. The van der Waals surface area contributed by atoms with Gasteiger partial charge < -0.3 is 4.90 Å². The molecular weight excluding hydrogens is 296 g/mol. The number of unbranched alkanes of at least 4 members (excludes halogenated alkanes) is 11. The Morgan fingerprint density at radius 1 is 0.875 bits per heavy atom. The van der Waals surface area contributed by atoms with Crippen molar-refractivity contribution in [3.63, 3.8) is 0 Å². The molecule has 1 aliphatic rings. The lowest BCUT2D eigenvalue weighted by molar-refractivity contribution is -0.126. The fraction of sp³-hybridized carbons (Fsp3) is 0.905. The molecule has 0 fully saturated rings. The van der Waals surface area contributed by atoms with Crippen molar-refractivity contribution < 1.29 is 4.79 Å². The first kappa shape index (κ1) is 21.2. The molecule has 1 amide bonds. The van der Waals surface area contributed by atoms with E-state index in [0.29, 0.717) is 6.42 Å². The summed E-state index contributed by atoms with van der Waals surface area (Å²) in [6.07, 6.45) is 20.0. The lowest BCUT2D eigenvalue weighted by Gasteiger charge is -2.11. The fourth-order valence-electron chi connectivity index (χ4n) is 3.31. The standard InChI is InChI=1S/C21H40N2O/c1-20(2)15-13-11-9-7-5-3-4-6-8-10-12-14-16-21(24)23-18-17-22-19-23/h19-20H,3-18H2,1-2H3. The normalized spacial score (nSPS) is 14.0. The van der Waals surface area contributed by atoms with Crippen molar-refractivity contribution in [3.8, 4) is 0 Å². The molecule has 140 valence electrons. The van der Waals surface area contributed by atoms with Crippen LogP contribution in [0.2, 0.25) is 0 Å². The molecule has 1 aliphatic heterocycles. The number of hydrogen-bond donors (Lipinski definition) is 0. The molecule has 24 heavy (non-hydrogen) atoms. The predicted octanol–water partition coefficient (Wildman–Crippen LogP) is 5.97. The summed E-state index contributed by atoms with van der Waals surface area (Å²) in [5, 5.41) is 0. The number of amides is 1. The van der Waals surface area contributed by atoms with Crippen LogP contribution in [0.3, 0.4) is 0 Å². The Morgan fingerprint density at radius 3 is 1.83 bits per heavy atom. The van der Waals surface area contributed by atoms with E-state index in [2.05, 4.69) is 18.8 Å². The molecule has 0 saturated heterocycles. The summed E-state index contributed by atoms with van der Waals surface area (Å²) in [7, 11) is 0. The van der Waals surface area contributed by atoms with Crippen molar-refractivity contribution in [2.24, 2.45) is 10.9 Å². The number of nitrogens with zero attached hydrogens (tertiary/aromatic N) is 2. The second-order valence-electron chi connectivity index (χ2n) is 7.78. The van der Waals surface area contributed by atoms with Crippen LogP contribution in [0.5, 0.6) is 0 Å². The van der Waals surface area contributed by atoms with Crippen LogP contribution in [-0.2, 0) is 4.79 Å². The number of hydrogen-bond acceptors (Lipinski definition) is 2. The maximum Gasteiger partial charge on any atom is 0.227 e. The monoisotopic (exact) mass is 336 g/mol. The van der Waals surface area contributed by atoms with Crippen molar-refractivity contribution in [2.75, 3.05) is 13.1 Å². The summed E-state index contributed by atoms with van der Waals surface area (Å²) < 4.78 is 0. The zero-order chi connectivity index (χ0) is 17.5. The predicted molar refractivity (Wildman–Crippen MR) is 105 cm³/mol. The molecule has 0 spiro atoms. The summed E-state index contributed by atoms with van der Waals surface area (Å²) in [6.45, 7) is 6.21. The number of aliphatic imine (C=N–C) groups is 1. The molecule has 3 nitrogen and oxygen atoms in total. The molecule has 0 aromatic heterocycles. The third-order valence-corrected chi connectivity index (χ3v) is 4.93. The van der Waals surface area contributed by atoms with Gasteiger partial charge in [-0.25, -0.2) is 0 Å².